The average molecular weight is 1590 g/mol. The molecule has 0 bridgehead atoms. The number of phosphoric ester groups is 2. The van der Waals surface area contributed by atoms with Gasteiger partial charge < -0.3 is 33.8 Å². The summed E-state index contributed by atoms with van der Waals surface area (Å²) in [6, 6.07) is 0. The van der Waals surface area contributed by atoms with Crippen molar-refractivity contribution in [3.8, 4) is 0 Å². The van der Waals surface area contributed by atoms with Gasteiger partial charge in [0.2, 0.25) is 0 Å². The minimum atomic E-state index is -4.97. The first-order chi connectivity index (χ1) is 52.9. The van der Waals surface area contributed by atoms with Gasteiger partial charge in [0.05, 0.1) is 26.4 Å². The van der Waals surface area contributed by atoms with Gasteiger partial charge in [-0.15, -0.1) is 0 Å². The largest absolute Gasteiger partial charge is 0.472 e. The maximum Gasteiger partial charge on any atom is 0.472 e. The molecule has 0 aromatic heterocycles. The van der Waals surface area contributed by atoms with E-state index in [0.29, 0.717) is 25.7 Å². The number of carbonyl (C=O) groups is 4. The van der Waals surface area contributed by atoms with Crippen LogP contribution in [0.15, 0.2) is 0 Å². The Bertz CT molecular complexity index is 2080. The SMILES string of the molecule is CCCCCCCCCCCCCCCCCCCCCCC(=O)O[C@H](COC(=O)CCCCCCCCC)COP(=O)(O)OC[C@H](O)COP(=O)(O)OC[C@@H](COC(=O)CCCCCCCCCCCCCCCCCCCCC(C)C)OC(=O)CCCCCCCCCCCCCCCCCCCCC(C)C. The minimum absolute atomic E-state index is 0.109. The number of aliphatic hydroxyl groups excluding tert-OH is 1. The zero-order valence-electron chi connectivity index (χ0n) is 71.9. The Labute approximate surface area is 670 Å². The maximum atomic E-state index is 13.2. The van der Waals surface area contributed by atoms with Gasteiger partial charge in [0.1, 0.15) is 19.3 Å². The molecular formula is C90H176O17P2. The van der Waals surface area contributed by atoms with Crippen LogP contribution in [0.2, 0.25) is 0 Å². The predicted molar refractivity (Wildman–Crippen MR) is 451 cm³/mol. The summed E-state index contributed by atoms with van der Waals surface area (Å²) in [5.74, 6) is -0.459. The molecule has 0 aliphatic heterocycles. The van der Waals surface area contributed by atoms with Crippen molar-refractivity contribution >= 4 is 39.5 Å². The van der Waals surface area contributed by atoms with Gasteiger partial charge in [-0.25, -0.2) is 9.13 Å². The Morgan fingerprint density at radius 1 is 0.248 bits per heavy atom. The molecule has 5 atom stereocenters. The molecule has 0 aromatic carbocycles. The maximum absolute atomic E-state index is 13.2. The smallest absolute Gasteiger partial charge is 0.462 e. The van der Waals surface area contributed by atoms with Gasteiger partial charge in [-0.2, -0.15) is 0 Å². The van der Waals surface area contributed by atoms with Crippen LogP contribution in [-0.4, -0.2) is 96.7 Å². The molecular weight excluding hydrogens is 1410 g/mol. The fraction of sp³-hybridized carbons (Fsp3) is 0.956. The summed E-state index contributed by atoms with van der Waals surface area (Å²) in [4.78, 5) is 73.2. The molecule has 19 heteroatoms. The van der Waals surface area contributed by atoms with Crippen molar-refractivity contribution in [3.63, 3.8) is 0 Å². The molecule has 17 nitrogen and oxygen atoms in total. The molecule has 0 aliphatic carbocycles. The fourth-order valence-electron chi connectivity index (χ4n) is 14.1. The van der Waals surface area contributed by atoms with Crippen molar-refractivity contribution in [1.82, 2.24) is 0 Å². The second kappa shape index (κ2) is 81.2. The highest BCUT2D eigenvalue weighted by Gasteiger charge is 2.31. The lowest BCUT2D eigenvalue weighted by molar-refractivity contribution is -0.161. The molecule has 0 spiro atoms. The monoisotopic (exact) mass is 1590 g/mol. The van der Waals surface area contributed by atoms with Crippen molar-refractivity contribution in [1.29, 1.82) is 0 Å². The highest BCUT2D eigenvalue weighted by Crippen LogP contribution is 2.45. The van der Waals surface area contributed by atoms with Gasteiger partial charge >= 0.3 is 39.5 Å². The molecule has 0 amide bonds. The third kappa shape index (κ3) is 83.8. The standard InChI is InChI=1S/C90H176O17P2/c1-7-9-11-13-15-16-17-18-19-20-21-22-30-35-40-45-50-56-62-68-74-89(94)106-85(78-100-87(92)72-66-60-52-14-12-10-8-2)80-104-108(96,97)102-76-84(91)77-103-109(98,99)105-81-86(107-90(95)75-69-63-57-51-46-41-36-31-26-24-28-33-38-43-48-54-59-65-71-83(5)6)79-101-88(93)73-67-61-55-49-44-39-34-29-25-23-27-32-37-42-47-53-58-64-70-82(3)4/h82-86,91H,7-81H2,1-6H3,(H,96,97)(H,98,99)/t84-,85+,86+/m0/s1. The zero-order chi connectivity index (χ0) is 79.9. The lowest BCUT2D eigenvalue weighted by atomic mass is 10.0. The van der Waals surface area contributed by atoms with E-state index in [4.69, 9.17) is 37.0 Å². The molecule has 0 radical (unpaired) electrons. The van der Waals surface area contributed by atoms with E-state index in [1.807, 2.05) is 0 Å². The van der Waals surface area contributed by atoms with Gasteiger partial charge in [0.15, 0.2) is 12.2 Å². The Morgan fingerprint density at radius 2 is 0.422 bits per heavy atom. The number of rotatable bonds is 89. The van der Waals surface area contributed by atoms with E-state index in [1.165, 1.54) is 289 Å². The average Bonchev–Trinajstić information content (AvgIpc) is 0.860. The van der Waals surface area contributed by atoms with E-state index >= 15 is 0 Å². The van der Waals surface area contributed by atoms with Gasteiger partial charge in [-0.3, -0.25) is 37.3 Å². The van der Waals surface area contributed by atoms with Gasteiger partial charge in [-0.1, -0.05) is 433 Å². The first-order valence-electron chi connectivity index (χ1n) is 46.5. The highest BCUT2D eigenvalue weighted by molar-refractivity contribution is 7.47. The van der Waals surface area contributed by atoms with Crippen LogP contribution in [0.3, 0.4) is 0 Å². The van der Waals surface area contributed by atoms with Gasteiger partial charge in [-0.05, 0) is 37.5 Å². The van der Waals surface area contributed by atoms with Crippen LogP contribution in [0, 0.1) is 11.8 Å². The summed E-state index contributed by atoms with van der Waals surface area (Å²) < 4.78 is 68.9. The molecule has 0 fully saturated rings. The number of hydrogen-bond acceptors (Lipinski definition) is 15. The van der Waals surface area contributed by atoms with Crippen molar-refractivity contribution in [2.45, 2.75) is 503 Å². The first-order valence-corrected chi connectivity index (χ1v) is 49.5. The molecule has 3 N–H and O–H groups in total. The Balaban J connectivity index is 5.14. The Kier molecular flexibility index (Phi) is 79.8. The second-order valence-corrected chi connectivity index (χ2v) is 36.2. The number of ether oxygens (including phenoxy) is 4. The topological polar surface area (TPSA) is 237 Å². The molecule has 109 heavy (non-hydrogen) atoms. The van der Waals surface area contributed by atoms with Gasteiger partial charge in [0, 0.05) is 25.7 Å². The normalized spacial score (nSPS) is 13.8. The third-order valence-electron chi connectivity index (χ3n) is 21.2. The number of unbranched alkanes of at least 4 members (excludes halogenated alkanes) is 59. The van der Waals surface area contributed by atoms with Crippen molar-refractivity contribution in [2.75, 3.05) is 39.6 Å². The molecule has 0 rings (SSSR count). The van der Waals surface area contributed by atoms with Crippen molar-refractivity contribution in [3.05, 3.63) is 0 Å². The Hall–Kier alpha value is -1.94. The molecule has 0 saturated carbocycles. The summed E-state index contributed by atoms with van der Waals surface area (Å²) in [7, 11) is -9.93. The fourth-order valence-corrected chi connectivity index (χ4v) is 15.7. The van der Waals surface area contributed by atoms with E-state index in [9.17, 15) is 43.2 Å². The quantitative estimate of drug-likeness (QED) is 0.0222. The minimum Gasteiger partial charge on any atom is -0.462 e. The highest BCUT2D eigenvalue weighted by atomic mass is 31.2. The van der Waals surface area contributed by atoms with Crippen molar-refractivity contribution < 1.29 is 80.2 Å². The van der Waals surface area contributed by atoms with Crippen LogP contribution in [-0.2, 0) is 65.4 Å². The summed E-state index contributed by atoms with van der Waals surface area (Å²) in [6.45, 7) is 9.72. The molecule has 2 unspecified atom stereocenters. The number of phosphoric acid groups is 2. The van der Waals surface area contributed by atoms with E-state index in [2.05, 4.69) is 41.5 Å². The molecule has 0 heterocycles. The summed E-state index contributed by atoms with van der Waals surface area (Å²) >= 11 is 0. The number of carbonyl (C=O) groups excluding carboxylic acids is 4. The van der Waals surface area contributed by atoms with E-state index < -0.39 is 97.5 Å². The zero-order valence-corrected chi connectivity index (χ0v) is 73.7. The number of hydrogen-bond donors (Lipinski definition) is 3. The first kappa shape index (κ1) is 107. The lowest BCUT2D eigenvalue weighted by Crippen LogP contribution is -2.30. The van der Waals surface area contributed by atoms with Crippen LogP contribution in [0.25, 0.3) is 0 Å². The van der Waals surface area contributed by atoms with E-state index in [0.717, 1.165) is 115 Å². The van der Waals surface area contributed by atoms with E-state index in [-0.39, 0.29) is 25.7 Å². The van der Waals surface area contributed by atoms with Crippen LogP contribution in [0.5, 0.6) is 0 Å². The Morgan fingerprint density at radius 3 is 0.624 bits per heavy atom. The van der Waals surface area contributed by atoms with Crippen LogP contribution in [0.4, 0.5) is 0 Å². The predicted octanol–water partition coefficient (Wildman–Crippen LogP) is 27.8. The molecule has 0 saturated heterocycles. The number of aliphatic hydroxyl groups is 1. The van der Waals surface area contributed by atoms with Crippen LogP contribution >= 0.6 is 15.6 Å². The third-order valence-corrected chi connectivity index (χ3v) is 23.1. The van der Waals surface area contributed by atoms with E-state index in [1.54, 1.807) is 0 Å². The van der Waals surface area contributed by atoms with Crippen molar-refractivity contribution in [2.24, 2.45) is 11.8 Å². The molecule has 648 valence electrons. The van der Waals surface area contributed by atoms with Crippen LogP contribution in [0.1, 0.15) is 485 Å². The summed E-state index contributed by atoms with van der Waals surface area (Å²) in [6.07, 6.45) is 75.4. The second-order valence-electron chi connectivity index (χ2n) is 33.3. The molecule has 0 aromatic rings. The van der Waals surface area contributed by atoms with Gasteiger partial charge in [0.25, 0.3) is 0 Å². The summed E-state index contributed by atoms with van der Waals surface area (Å²) in [5.41, 5.74) is 0. The summed E-state index contributed by atoms with van der Waals surface area (Å²) in [5, 5.41) is 10.7. The molecule has 0 aliphatic rings. The lowest BCUT2D eigenvalue weighted by Gasteiger charge is -2.21. The van der Waals surface area contributed by atoms with Crippen LogP contribution < -0.4 is 0 Å². The number of esters is 4.